The molecule has 134 valence electrons. The predicted molar refractivity (Wildman–Crippen MR) is 82.0 cm³/mol. The summed E-state index contributed by atoms with van der Waals surface area (Å²) in [7, 11) is 0. The fourth-order valence-corrected chi connectivity index (χ4v) is 2.78. The molecule has 1 aliphatic heterocycles. The van der Waals surface area contributed by atoms with Crippen molar-refractivity contribution < 1.29 is 22.4 Å². The Morgan fingerprint density at radius 1 is 1.33 bits per heavy atom. The number of likely N-dealkylation sites (tertiary alicyclic amines) is 1. The zero-order valence-electron chi connectivity index (χ0n) is 13.4. The van der Waals surface area contributed by atoms with Crippen molar-refractivity contribution in [3.8, 4) is 0 Å². The van der Waals surface area contributed by atoms with E-state index in [4.69, 9.17) is 0 Å². The highest BCUT2D eigenvalue weighted by Gasteiger charge is 2.34. The van der Waals surface area contributed by atoms with Crippen molar-refractivity contribution >= 4 is 6.03 Å². The molecule has 4 nitrogen and oxygen atoms in total. The molecule has 8 heteroatoms. The number of aryl methyl sites for hydroxylation is 1. The second-order valence-corrected chi connectivity index (χ2v) is 6.15. The first-order valence-corrected chi connectivity index (χ1v) is 7.79. The quantitative estimate of drug-likeness (QED) is 0.805. The molecule has 0 radical (unpaired) electrons. The highest BCUT2D eigenvalue weighted by molar-refractivity contribution is 5.73. The SMILES string of the molecule is Cc1cc(CNC(=O)NCC2CCN(CC(F)(F)F)C2)ccc1F. The molecule has 2 amide bonds. The Balaban J connectivity index is 1.67. The largest absolute Gasteiger partial charge is 0.401 e. The van der Waals surface area contributed by atoms with Crippen LogP contribution in [0.4, 0.5) is 22.4 Å². The summed E-state index contributed by atoms with van der Waals surface area (Å²) in [5.74, 6) is -0.279. The van der Waals surface area contributed by atoms with E-state index in [0.29, 0.717) is 31.6 Å². The molecule has 0 bridgehead atoms. The molecule has 2 rings (SSSR count). The van der Waals surface area contributed by atoms with Crippen LogP contribution in [0.5, 0.6) is 0 Å². The average Bonchev–Trinajstić information content (AvgIpc) is 2.91. The summed E-state index contributed by atoms with van der Waals surface area (Å²) < 4.78 is 50.1. The van der Waals surface area contributed by atoms with Crippen LogP contribution in [0.2, 0.25) is 0 Å². The Kier molecular flexibility index (Phi) is 6.04. The maximum atomic E-state index is 13.2. The van der Waals surface area contributed by atoms with E-state index in [1.807, 2.05) is 0 Å². The van der Waals surface area contributed by atoms with Crippen molar-refractivity contribution in [2.24, 2.45) is 5.92 Å². The Morgan fingerprint density at radius 3 is 2.75 bits per heavy atom. The average molecular weight is 347 g/mol. The van der Waals surface area contributed by atoms with Crippen LogP contribution in [0.15, 0.2) is 18.2 Å². The number of hydrogen-bond acceptors (Lipinski definition) is 2. The lowest BCUT2D eigenvalue weighted by molar-refractivity contribution is -0.143. The number of alkyl halides is 3. The number of urea groups is 1. The Bertz CT molecular complexity index is 577. The lowest BCUT2D eigenvalue weighted by Gasteiger charge is -2.18. The molecule has 1 aromatic rings. The predicted octanol–water partition coefficient (Wildman–Crippen LogP) is 2.82. The molecule has 1 fully saturated rings. The minimum atomic E-state index is -4.19. The van der Waals surface area contributed by atoms with Crippen molar-refractivity contribution in [1.82, 2.24) is 15.5 Å². The van der Waals surface area contributed by atoms with Gasteiger partial charge in [-0.3, -0.25) is 4.90 Å². The third-order valence-electron chi connectivity index (χ3n) is 4.00. The minimum Gasteiger partial charge on any atom is -0.338 e. The zero-order chi connectivity index (χ0) is 17.7. The molecule has 24 heavy (non-hydrogen) atoms. The van der Waals surface area contributed by atoms with Crippen molar-refractivity contribution in [2.75, 3.05) is 26.2 Å². The summed E-state index contributed by atoms with van der Waals surface area (Å²) in [5, 5.41) is 5.33. The first kappa shape index (κ1) is 18.5. The summed E-state index contributed by atoms with van der Waals surface area (Å²) in [6.07, 6.45) is -3.56. The monoisotopic (exact) mass is 347 g/mol. The van der Waals surface area contributed by atoms with Gasteiger partial charge in [-0.1, -0.05) is 12.1 Å². The Labute approximate surface area is 138 Å². The first-order chi connectivity index (χ1) is 11.2. The molecule has 1 atom stereocenters. The van der Waals surface area contributed by atoms with E-state index in [1.165, 1.54) is 11.0 Å². The summed E-state index contributed by atoms with van der Waals surface area (Å²) >= 11 is 0. The maximum absolute atomic E-state index is 13.2. The summed E-state index contributed by atoms with van der Waals surface area (Å²) in [6.45, 7) is 2.06. The van der Waals surface area contributed by atoms with Crippen molar-refractivity contribution in [3.63, 3.8) is 0 Å². The van der Waals surface area contributed by atoms with Gasteiger partial charge < -0.3 is 10.6 Å². The van der Waals surface area contributed by atoms with Gasteiger partial charge in [-0.05, 0) is 43.0 Å². The van der Waals surface area contributed by atoms with Crippen LogP contribution in [0.3, 0.4) is 0 Å². The number of rotatable bonds is 5. The van der Waals surface area contributed by atoms with Gasteiger partial charge in [0.1, 0.15) is 5.82 Å². The van der Waals surface area contributed by atoms with Crippen LogP contribution in [-0.2, 0) is 6.54 Å². The second-order valence-electron chi connectivity index (χ2n) is 6.15. The van der Waals surface area contributed by atoms with Gasteiger partial charge in [0, 0.05) is 19.6 Å². The normalized spacial score (nSPS) is 18.6. The lowest BCUT2D eigenvalue weighted by atomic mass is 10.1. The molecule has 0 saturated carbocycles. The molecule has 1 aromatic carbocycles. The molecule has 1 heterocycles. The van der Waals surface area contributed by atoms with E-state index >= 15 is 0 Å². The number of carbonyl (C=O) groups excluding carboxylic acids is 1. The molecule has 1 aliphatic rings. The van der Waals surface area contributed by atoms with Crippen LogP contribution in [0.1, 0.15) is 17.5 Å². The van der Waals surface area contributed by atoms with Gasteiger partial charge in [-0.15, -0.1) is 0 Å². The van der Waals surface area contributed by atoms with E-state index in [-0.39, 0.29) is 24.3 Å². The third kappa shape index (κ3) is 5.99. The fraction of sp³-hybridized carbons (Fsp3) is 0.562. The number of nitrogens with one attached hydrogen (secondary N) is 2. The summed E-state index contributed by atoms with van der Waals surface area (Å²) in [4.78, 5) is 13.1. The van der Waals surface area contributed by atoms with Crippen LogP contribution >= 0.6 is 0 Å². The van der Waals surface area contributed by atoms with Crippen LogP contribution in [0, 0.1) is 18.7 Å². The molecule has 1 saturated heterocycles. The summed E-state index contributed by atoms with van der Waals surface area (Å²) in [5.41, 5.74) is 1.28. The first-order valence-electron chi connectivity index (χ1n) is 7.79. The van der Waals surface area contributed by atoms with E-state index in [1.54, 1.807) is 19.1 Å². The van der Waals surface area contributed by atoms with Crippen molar-refractivity contribution in [3.05, 3.63) is 35.1 Å². The van der Waals surface area contributed by atoms with Gasteiger partial charge in [0.05, 0.1) is 6.54 Å². The smallest absolute Gasteiger partial charge is 0.338 e. The van der Waals surface area contributed by atoms with Gasteiger partial charge in [0.2, 0.25) is 0 Å². The lowest BCUT2D eigenvalue weighted by Crippen LogP contribution is -2.39. The second kappa shape index (κ2) is 7.83. The number of halogens is 4. The van der Waals surface area contributed by atoms with Gasteiger partial charge >= 0.3 is 12.2 Å². The molecule has 2 N–H and O–H groups in total. The molecule has 0 spiro atoms. The van der Waals surface area contributed by atoms with Crippen LogP contribution in [0.25, 0.3) is 0 Å². The van der Waals surface area contributed by atoms with E-state index in [2.05, 4.69) is 10.6 Å². The zero-order valence-corrected chi connectivity index (χ0v) is 13.4. The van der Waals surface area contributed by atoms with Gasteiger partial charge in [0.15, 0.2) is 0 Å². The fourth-order valence-electron chi connectivity index (χ4n) is 2.78. The highest BCUT2D eigenvalue weighted by Crippen LogP contribution is 2.22. The molecular formula is C16H21F4N3O. The van der Waals surface area contributed by atoms with Gasteiger partial charge in [-0.25, -0.2) is 9.18 Å². The highest BCUT2D eigenvalue weighted by atomic mass is 19.4. The number of nitrogens with zero attached hydrogens (tertiary/aromatic N) is 1. The maximum Gasteiger partial charge on any atom is 0.401 e. The molecule has 1 unspecified atom stereocenters. The van der Waals surface area contributed by atoms with Crippen molar-refractivity contribution in [1.29, 1.82) is 0 Å². The Morgan fingerprint density at radius 2 is 2.08 bits per heavy atom. The minimum absolute atomic E-state index is 0.0196. The topological polar surface area (TPSA) is 44.4 Å². The number of amides is 2. The van der Waals surface area contributed by atoms with E-state index < -0.39 is 12.7 Å². The number of benzene rings is 1. The Hall–Kier alpha value is -1.83. The van der Waals surface area contributed by atoms with Crippen LogP contribution < -0.4 is 10.6 Å². The molecule has 0 aromatic heterocycles. The van der Waals surface area contributed by atoms with Crippen molar-refractivity contribution in [2.45, 2.75) is 26.1 Å². The molecule has 0 aliphatic carbocycles. The summed E-state index contributed by atoms with van der Waals surface area (Å²) in [6, 6.07) is 4.21. The van der Waals surface area contributed by atoms with E-state index in [9.17, 15) is 22.4 Å². The standard InChI is InChI=1S/C16H21F4N3O/c1-11-6-12(2-3-14(11)17)7-21-15(24)22-8-13-4-5-23(9-13)10-16(18,19)20/h2-3,6,13H,4-5,7-10H2,1H3,(H2,21,22,24). The number of carbonyl (C=O) groups is 1. The van der Waals surface area contributed by atoms with Gasteiger partial charge in [0.25, 0.3) is 0 Å². The van der Waals surface area contributed by atoms with Crippen LogP contribution in [-0.4, -0.2) is 43.3 Å². The molecular weight excluding hydrogens is 326 g/mol. The number of hydrogen-bond donors (Lipinski definition) is 2. The third-order valence-corrected chi connectivity index (χ3v) is 4.00. The van der Waals surface area contributed by atoms with Gasteiger partial charge in [-0.2, -0.15) is 13.2 Å². The van der Waals surface area contributed by atoms with E-state index in [0.717, 1.165) is 5.56 Å².